The fraction of sp³-hybridized carbons (Fsp3) is 0.278. The Morgan fingerprint density at radius 2 is 1.93 bits per heavy atom. The van der Waals surface area contributed by atoms with E-state index < -0.39 is 20.9 Å². The van der Waals surface area contributed by atoms with Gasteiger partial charge in [-0.25, -0.2) is 0 Å². The van der Waals surface area contributed by atoms with Crippen LogP contribution in [-0.4, -0.2) is 36.4 Å². The van der Waals surface area contributed by atoms with Gasteiger partial charge in [0.1, 0.15) is 10.8 Å². The Labute approximate surface area is 168 Å². The van der Waals surface area contributed by atoms with Crippen LogP contribution in [0.1, 0.15) is 29.8 Å². The maximum Gasteiger partial charge on any atom is 0.306 e. The van der Waals surface area contributed by atoms with Crippen molar-refractivity contribution in [3.63, 3.8) is 0 Å². The van der Waals surface area contributed by atoms with Crippen molar-refractivity contribution in [2.24, 2.45) is 0 Å². The summed E-state index contributed by atoms with van der Waals surface area (Å²) in [4.78, 5) is 24.9. The summed E-state index contributed by atoms with van der Waals surface area (Å²) < 4.78 is 27.5. The summed E-state index contributed by atoms with van der Waals surface area (Å²) in [5, 5.41) is 11.0. The van der Waals surface area contributed by atoms with Crippen molar-refractivity contribution < 1.29 is 22.3 Å². The van der Waals surface area contributed by atoms with Crippen LogP contribution < -0.4 is 4.18 Å². The van der Waals surface area contributed by atoms with Gasteiger partial charge in [-0.05, 0) is 43.7 Å². The average Bonchev–Trinajstić information content (AvgIpc) is 2.58. The van der Waals surface area contributed by atoms with Crippen LogP contribution in [0.4, 0.5) is 5.69 Å². The molecule has 2 aromatic carbocycles. The Hall–Kier alpha value is -2.65. The van der Waals surface area contributed by atoms with Gasteiger partial charge in [0.2, 0.25) is 0 Å². The minimum atomic E-state index is -3.67. The summed E-state index contributed by atoms with van der Waals surface area (Å²) in [6.45, 7) is 3.77. The van der Waals surface area contributed by atoms with Crippen molar-refractivity contribution in [1.82, 2.24) is 4.90 Å². The molecule has 0 unspecified atom stereocenters. The quantitative estimate of drug-likeness (QED) is 0.380. The second-order valence-corrected chi connectivity index (χ2v) is 8.37. The second kappa shape index (κ2) is 8.57. The molecule has 0 atom stereocenters. The van der Waals surface area contributed by atoms with Gasteiger partial charge in [-0.15, -0.1) is 0 Å². The molecular weight excluding hydrogens is 408 g/mol. The van der Waals surface area contributed by atoms with Crippen LogP contribution in [0.15, 0.2) is 42.5 Å². The minimum Gasteiger partial charge on any atom is -0.383 e. The molecule has 0 aromatic heterocycles. The fourth-order valence-corrected chi connectivity index (χ4v) is 3.15. The molecule has 2 rings (SSSR count). The number of rotatable bonds is 7. The van der Waals surface area contributed by atoms with E-state index in [1.807, 2.05) is 0 Å². The predicted molar refractivity (Wildman–Crippen MR) is 105 cm³/mol. The first-order chi connectivity index (χ1) is 13.0. The predicted octanol–water partition coefficient (Wildman–Crippen LogP) is 3.64. The molecule has 10 heteroatoms. The molecule has 0 saturated carbocycles. The highest BCUT2D eigenvalue weighted by atomic mass is 35.5. The number of nitro benzene ring substituents is 1. The Bertz CT molecular complexity index is 1010. The zero-order valence-corrected chi connectivity index (χ0v) is 17.0. The smallest absolute Gasteiger partial charge is 0.306 e. The van der Waals surface area contributed by atoms with E-state index >= 15 is 0 Å². The van der Waals surface area contributed by atoms with Gasteiger partial charge in [-0.2, -0.15) is 8.42 Å². The maximum absolute atomic E-state index is 12.9. The van der Waals surface area contributed by atoms with E-state index in [0.29, 0.717) is 5.56 Å². The standard InChI is InChI=1S/C18H19ClN2O6S/c1-12(2)20(11-13-5-4-6-15(9-13)27-28(3,25)26)18(22)14-7-8-16(19)17(10-14)21(23)24/h4-10,12H,11H2,1-3H3. The molecule has 0 radical (unpaired) electrons. The van der Waals surface area contributed by atoms with Crippen LogP contribution in [0.2, 0.25) is 5.02 Å². The maximum atomic E-state index is 12.9. The topological polar surface area (TPSA) is 107 Å². The molecule has 0 bridgehead atoms. The third kappa shape index (κ3) is 5.67. The molecule has 0 heterocycles. The number of benzene rings is 2. The monoisotopic (exact) mass is 426 g/mol. The molecule has 0 spiro atoms. The van der Waals surface area contributed by atoms with E-state index in [1.165, 1.54) is 29.2 Å². The molecule has 0 N–H and O–H groups in total. The van der Waals surface area contributed by atoms with Crippen molar-refractivity contribution in [2.75, 3.05) is 6.26 Å². The van der Waals surface area contributed by atoms with Crippen molar-refractivity contribution >= 4 is 33.3 Å². The first-order valence-electron chi connectivity index (χ1n) is 8.21. The Morgan fingerprint density at radius 3 is 2.50 bits per heavy atom. The third-order valence-corrected chi connectivity index (χ3v) is 4.59. The van der Waals surface area contributed by atoms with Gasteiger partial charge in [0.05, 0.1) is 11.2 Å². The number of halogens is 1. The zero-order valence-electron chi connectivity index (χ0n) is 15.5. The van der Waals surface area contributed by atoms with Crippen LogP contribution in [0.3, 0.4) is 0 Å². The van der Waals surface area contributed by atoms with E-state index in [9.17, 15) is 23.3 Å². The van der Waals surface area contributed by atoms with Gasteiger partial charge >= 0.3 is 10.1 Å². The van der Waals surface area contributed by atoms with Crippen molar-refractivity contribution in [1.29, 1.82) is 0 Å². The fourth-order valence-electron chi connectivity index (χ4n) is 2.51. The van der Waals surface area contributed by atoms with Crippen molar-refractivity contribution in [3.05, 3.63) is 68.7 Å². The molecule has 150 valence electrons. The van der Waals surface area contributed by atoms with Gasteiger partial charge in [0.25, 0.3) is 11.6 Å². The Morgan fingerprint density at radius 1 is 1.25 bits per heavy atom. The van der Waals surface area contributed by atoms with Crippen molar-refractivity contribution in [3.8, 4) is 5.75 Å². The zero-order chi connectivity index (χ0) is 21.1. The number of amides is 1. The molecule has 1 amide bonds. The van der Waals surface area contributed by atoms with Gasteiger partial charge in [-0.3, -0.25) is 14.9 Å². The summed E-state index contributed by atoms with van der Waals surface area (Å²) in [5.41, 5.74) is 0.430. The lowest BCUT2D eigenvalue weighted by Gasteiger charge is -2.27. The molecule has 0 aliphatic rings. The lowest BCUT2D eigenvalue weighted by Crippen LogP contribution is -2.36. The molecular formula is C18H19ClN2O6S. The number of carbonyl (C=O) groups is 1. The van der Waals surface area contributed by atoms with E-state index in [1.54, 1.807) is 26.0 Å². The lowest BCUT2D eigenvalue weighted by molar-refractivity contribution is -0.384. The molecule has 0 fully saturated rings. The third-order valence-electron chi connectivity index (χ3n) is 3.77. The highest BCUT2D eigenvalue weighted by molar-refractivity contribution is 7.86. The summed E-state index contributed by atoms with van der Waals surface area (Å²) >= 11 is 5.81. The molecule has 0 saturated heterocycles. The number of nitro groups is 1. The molecule has 0 aliphatic carbocycles. The van der Waals surface area contributed by atoms with Gasteiger partial charge < -0.3 is 9.08 Å². The van der Waals surface area contributed by atoms with Crippen LogP contribution in [0, 0.1) is 10.1 Å². The molecule has 2 aromatic rings. The molecule has 8 nitrogen and oxygen atoms in total. The number of carbonyl (C=O) groups excluding carboxylic acids is 1. The SMILES string of the molecule is CC(C)N(Cc1cccc(OS(C)(=O)=O)c1)C(=O)c1ccc(Cl)c([N+](=O)[O-])c1. The van der Waals surface area contributed by atoms with Crippen LogP contribution in [0.25, 0.3) is 0 Å². The van der Waals surface area contributed by atoms with Gasteiger partial charge in [0.15, 0.2) is 0 Å². The summed E-state index contributed by atoms with van der Waals surface area (Å²) in [5.74, 6) is -0.275. The summed E-state index contributed by atoms with van der Waals surface area (Å²) in [7, 11) is -3.67. The normalized spacial score (nSPS) is 11.3. The first kappa shape index (κ1) is 21.6. The second-order valence-electron chi connectivity index (χ2n) is 6.38. The van der Waals surface area contributed by atoms with Crippen LogP contribution in [0.5, 0.6) is 5.75 Å². The van der Waals surface area contributed by atoms with Gasteiger partial charge in [0, 0.05) is 24.2 Å². The molecule has 0 aliphatic heterocycles. The molecule has 28 heavy (non-hydrogen) atoms. The number of nitrogens with zero attached hydrogens (tertiary/aromatic N) is 2. The minimum absolute atomic E-state index is 0.0525. The lowest BCUT2D eigenvalue weighted by atomic mass is 10.1. The Kier molecular flexibility index (Phi) is 6.63. The number of hydrogen-bond donors (Lipinski definition) is 0. The summed E-state index contributed by atoms with van der Waals surface area (Å²) in [6, 6.07) is 10.0. The number of hydrogen-bond acceptors (Lipinski definition) is 6. The van der Waals surface area contributed by atoms with Crippen LogP contribution >= 0.6 is 11.6 Å². The van der Waals surface area contributed by atoms with E-state index in [0.717, 1.165) is 12.3 Å². The van der Waals surface area contributed by atoms with E-state index in [-0.39, 0.29) is 34.6 Å². The largest absolute Gasteiger partial charge is 0.383 e. The van der Waals surface area contributed by atoms with E-state index in [4.69, 9.17) is 15.8 Å². The van der Waals surface area contributed by atoms with Crippen molar-refractivity contribution in [2.45, 2.75) is 26.4 Å². The first-order valence-corrected chi connectivity index (χ1v) is 10.4. The van der Waals surface area contributed by atoms with E-state index in [2.05, 4.69) is 0 Å². The summed E-state index contributed by atoms with van der Waals surface area (Å²) in [6.07, 6.45) is 0.942. The highest BCUT2D eigenvalue weighted by Crippen LogP contribution is 2.26. The highest BCUT2D eigenvalue weighted by Gasteiger charge is 2.23. The Balaban J connectivity index is 2.31. The van der Waals surface area contributed by atoms with Gasteiger partial charge in [-0.1, -0.05) is 23.7 Å². The average molecular weight is 427 g/mol. The van der Waals surface area contributed by atoms with Crippen LogP contribution in [-0.2, 0) is 16.7 Å².